The molecule has 2 aliphatic rings. The maximum Gasteiger partial charge on any atom is 0.216 e. The van der Waals surface area contributed by atoms with Gasteiger partial charge >= 0.3 is 0 Å². The van der Waals surface area contributed by atoms with Crippen LogP contribution in [-0.2, 0) is 11.2 Å². The van der Waals surface area contributed by atoms with Crippen molar-refractivity contribution in [2.24, 2.45) is 5.10 Å². The number of allylic oxidation sites excluding steroid dienone is 1. The number of anilines is 1. The average molecular weight is 564 g/mol. The maximum atomic E-state index is 14.3. The number of ether oxygens (including phenoxy) is 1. The fourth-order valence-electron chi connectivity index (χ4n) is 4.70. The molecule has 1 atom stereocenters. The van der Waals surface area contributed by atoms with Gasteiger partial charge in [0.1, 0.15) is 17.3 Å². The maximum absolute atomic E-state index is 14.3. The molecule has 208 valence electrons. The number of hydrogen-bond acceptors (Lipinski definition) is 7. The molecule has 3 aromatic carbocycles. The van der Waals surface area contributed by atoms with Crippen LogP contribution in [0.5, 0.6) is 5.75 Å². The molecule has 0 saturated carbocycles. The first-order valence-corrected chi connectivity index (χ1v) is 13.5. The van der Waals surface area contributed by atoms with Gasteiger partial charge in [-0.25, -0.2) is 9.40 Å². The quantitative estimate of drug-likeness (QED) is 0.382. The summed E-state index contributed by atoms with van der Waals surface area (Å²) < 4.78 is 20.7. The number of hydrogen-bond donors (Lipinski definition) is 3. The Balaban J connectivity index is 1.38. The molecule has 3 N–H and O–H groups in total. The number of aliphatic hydroxyl groups excluding tert-OH is 1. The van der Waals surface area contributed by atoms with Crippen LogP contribution >= 0.6 is 11.6 Å². The molecule has 3 aromatic rings. The van der Waals surface area contributed by atoms with Gasteiger partial charge in [-0.1, -0.05) is 29.8 Å². The van der Waals surface area contributed by atoms with Crippen molar-refractivity contribution in [1.82, 2.24) is 15.5 Å². The number of carbonyl (C=O) groups excluding carboxylic acids is 1. The molecule has 0 aromatic heterocycles. The smallest absolute Gasteiger partial charge is 0.216 e. The molecular formula is C30H31ClFN5O3. The molecule has 5 rings (SSSR count). The Hall–Kier alpha value is -3.92. The summed E-state index contributed by atoms with van der Waals surface area (Å²) in [6, 6.07) is 19.5. The Labute approximate surface area is 237 Å². The lowest BCUT2D eigenvalue weighted by Crippen LogP contribution is -2.47. The van der Waals surface area contributed by atoms with Gasteiger partial charge in [0.05, 0.1) is 11.9 Å². The van der Waals surface area contributed by atoms with E-state index < -0.39 is 6.23 Å². The molecule has 0 spiro atoms. The van der Waals surface area contributed by atoms with E-state index in [1.807, 2.05) is 24.3 Å². The van der Waals surface area contributed by atoms with Gasteiger partial charge in [-0.2, -0.15) is 5.10 Å². The van der Waals surface area contributed by atoms with Crippen molar-refractivity contribution >= 4 is 29.4 Å². The number of benzene rings is 3. The Bertz CT molecular complexity index is 1410. The molecule has 1 saturated heterocycles. The zero-order valence-electron chi connectivity index (χ0n) is 22.1. The van der Waals surface area contributed by atoms with Crippen LogP contribution in [0.15, 0.2) is 83.3 Å². The number of nitrogens with zero attached hydrogens (tertiary/aromatic N) is 3. The number of rotatable bonds is 8. The minimum atomic E-state index is -1.15. The summed E-state index contributed by atoms with van der Waals surface area (Å²) in [5.74, 6) is 0.471. The van der Waals surface area contributed by atoms with Crippen molar-refractivity contribution in [3.8, 4) is 16.9 Å². The zero-order chi connectivity index (χ0) is 28.1. The third kappa shape index (κ3) is 6.44. The van der Waals surface area contributed by atoms with E-state index in [4.69, 9.17) is 16.3 Å². The van der Waals surface area contributed by atoms with Gasteiger partial charge in [0, 0.05) is 44.7 Å². The Morgan fingerprint density at radius 2 is 1.80 bits per heavy atom. The van der Waals surface area contributed by atoms with Crippen LogP contribution in [0.25, 0.3) is 11.1 Å². The highest BCUT2D eigenvalue weighted by molar-refractivity contribution is 6.30. The molecule has 1 unspecified atom stereocenters. The molecule has 8 nitrogen and oxygen atoms in total. The van der Waals surface area contributed by atoms with Gasteiger partial charge in [0.25, 0.3) is 0 Å². The van der Waals surface area contributed by atoms with Crippen molar-refractivity contribution in [3.05, 3.63) is 94.6 Å². The minimum absolute atomic E-state index is 0.145. The fraction of sp³-hybridized carbons (Fsp3) is 0.267. The van der Waals surface area contributed by atoms with E-state index in [0.717, 1.165) is 43.0 Å². The molecule has 1 amide bonds. The highest BCUT2D eigenvalue weighted by Gasteiger charge is 2.31. The van der Waals surface area contributed by atoms with E-state index in [2.05, 4.69) is 20.6 Å². The van der Waals surface area contributed by atoms with Gasteiger partial charge in [-0.05, 0) is 71.6 Å². The lowest BCUT2D eigenvalue weighted by Gasteiger charge is -2.36. The van der Waals surface area contributed by atoms with Gasteiger partial charge in [-0.15, -0.1) is 0 Å². The predicted octanol–water partition coefficient (Wildman–Crippen LogP) is 4.14. The van der Waals surface area contributed by atoms with Crippen LogP contribution in [0.1, 0.15) is 12.5 Å². The summed E-state index contributed by atoms with van der Waals surface area (Å²) in [4.78, 5) is 13.3. The highest BCUT2D eigenvalue weighted by atomic mass is 35.5. The molecule has 2 heterocycles. The largest absolute Gasteiger partial charge is 0.455 e. The molecule has 0 aliphatic carbocycles. The van der Waals surface area contributed by atoms with Gasteiger partial charge in [0.2, 0.25) is 12.1 Å². The van der Waals surface area contributed by atoms with Crippen molar-refractivity contribution < 1.29 is 19.0 Å². The highest BCUT2D eigenvalue weighted by Crippen LogP contribution is 2.31. The lowest BCUT2D eigenvalue weighted by molar-refractivity contribution is -0.118. The van der Waals surface area contributed by atoms with Crippen LogP contribution < -0.4 is 20.4 Å². The molecule has 10 heteroatoms. The van der Waals surface area contributed by atoms with E-state index >= 15 is 0 Å². The van der Waals surface area contributed by atoms with Crippen LogP contribution in [0.4, 0.5) is 10.1 Å². The summed E-state index contributed by atoms with van der Waals surface area (Å²) in [5, 5.41) is 24.0. The average Bonchev–Trinajstić information content (AvgIpc) is 2.96. The van der Waals surface area contributed by atoms with Crippen LogP contribution in [0, 0.1) is 5.82 Å². The van der Waals surface area contributed by atoms with E-state index in [-0.39, 0.29) is 11.7 Å². The van der Waals surface area contributed by atoms with Crippen molar-refractivity contribution in [2.75, 3.05) is 37.7 Å². The standard InChI is InChI=1S/C30H31ClFN5O3/c1-20(38)34-13-12-23-18-22(4-11-27(23)32)21-2-9-26(10-3-21)40-29-28(36-16-14-33-15-17-36)19-35-37(30(29)39)25-7-5-24(31)6-8-25/h2-11,18-19,30,33,39H,12-17H2,1H3,(H,34,38). The monoisotopic (exact) mass is 563 g/mol. The summed E-state index contributed by atoms with van der Waals surface area (Å²) in [6.07, 6.45) is 0.962. The van der Waals surface area contributed by atoms with Crippen molar-refractivity contribution in [1.29, 1.82) is 0 Å². The number of halogens is 2. The normalized spacial score (nSPS) is 17.2. The van der Waals surface area contributed by atoms with Crippen LogP contribution in [-0.4, -0.2) is 61.1 Å². The molecule has 0 bridgehead atoms. The van der Waals surface area contributed by atoms with E-state index in [1.165, 1.54) is 18.0 Å². The Morgan fingerprint density at radius 1 is 1.10 bits per heavy atom. The third-order valence-electron chi connectivity index (χ3n) is 6.80. The van der Waals surface area contributed by atoms with E-state index in [1.54, 1.807) is 42.6 Å². The van der Waals surface area contributed by atoms with Crippen LogP contribution in [0.2, 0.25) is 5.02 Å². The van der Waals surface area contributed by atoms with E-state index in [0.29, 0.717) is 40.7 Å². The van der Waals surface area contributed by atoms with Crippen molar-refractivity contribution in [2.45, 2.75) is 19.6 Å². The topological polar surface area (TPSA) is 89.4 Å². The second-order valence-corrected chi connectivity index (χ2v) is 10.0. The first-order chi connectivity index (χ1) is 19.4. The zero-order valence-corrected chi connectivity index (χ0v) is 22.9. The third-order valence-corrected chi connectivity index (χ3v) is 7.05. The SMILES string of the molecule is CC(=O)NCCc1cc(-c2ccc(OC3=C(N4CCNCC4)C=NN(c4ccc(Cl)cc4)C3O)cc2)ccc1F. The summed E-state index contributed by atoms with van der Waals surface area (Å²) in [6.45, 7) is 4.96. The number of hydrazone groups is 1. The molecule has 1 fully saturated rings. The summed E-state index contributed by atoms with van der Waals surface area (Å²) >= 11 is 6.06. The second-order valence-electron chi connectivity index (χ2n) is 9.59. The van der Waals surface area contributed by atoms with Gasteiger partial charge in [-0.3, -0.25) is 4.79 Å². The number of carbonyl (C=O) groups is 1. The molecule has 0 radical (unpaired) electrons. The number of amides is 1. The van der Waals surface area contributed by atoms with E-state index in [9.17, 15) is 14.3 Å². The second kappa shape index (κ2) is 12.5. The number of piperazine rings is 1. The lowest BCUT2D eigenvalue weighted by atomic mass is 10.0. The molecular weight excluding hydrogens is 533 g/mol. The number of aliphatic hydroxyl groups is 1. The summed E-state index contributed by atoms with van der Waals surface area (Å²) in [7, 11) is 0. The first kappa shape index (κ1) is 27.6. The Morgan fingerprint density at radius 3 is 2.50 bits per heavy atom. The number of nitrogens with one attached hydrogen (secondary N) is 2. The van der Waals surface area contributed by atoms with Gasteiger partial charge < -0.3 is 25.4 Å². The summed E-state index contributed by atoms with van der Waals surface area (Å²) in [5.41, 5.74) is 3.67. The predicted molar refractivity (Wildman–Crippen MR) is 155 cm³/mol. The molecule has 2 aliphatic heterocycles. The Kier molecular flexibility index (Phi) is 8.64. The van der Waals surface area contributed by atoms with Gasteiger partial charge in [0.15, 0.2) is 5.76 Å². The fourth-order valence-corrected chi connectivity index (χ4v) is 4.82. The van der Waals surface area contributed by atoms with Crippen molar-refractivity contribution in [3.63, 3.8) is 0 Å². The first-order valence-electron chi connectivity index (χ1n) is 13.2. The molecule has 40 heavy (non-hydrogen) atoms. The van der Waals surface area contributed by atoms with Crippen LogP contribution in [0.3, 0.4) is 0 Å². The minimum Gasteiger partial charge on any atom is -0.455 e.